The van der Waals surface area contributed by atoms with Gasteiger partial charge < -0.3 is 5.32 Å². The average Bonchev–Trinajstić information content (AvgIpc) is 2.55. The number of fused-ring (bicyclic) bond motifs is 1. The fraction of sp³-hybridized carbons (Fsp3) is 0.474. The third-order valence-electron chi connectivity index (χ3n) is 4.74. The van der Waals surface area contributed by atoms with Crippen LogP contribution in [-0.4, -0.2) is 17.5 Å². The van der Waals surface area contributed by atoms with Crippen molar-refractivity contribution in [1.29, 1.82) is 0 Å². The summed E-state index contributed by atoms with van der Waals surface area (Å²) in [6.45, 7) is 2.30. The van der Waals surface area contributed by atoms with Crippen LogP contribution in [0.25, 0.3) is 10.8 Å². The predicted octanol–water partition coefficient (Wildman–Crippen LogP) is 5.16. The lowest BCUT2D eigenvalue weighted by Crippen LogP contribution is -2.41. The van der Waals surface area contributed by atoms with Crippen molar-refractivity contribution in [3.8, 4) is 0 Å². The minimum Gasteiger partial charge on any atom is -0.306 e. The van der Waals surface area contributed by atoms with Crippen LogP contribution >= 0.6 is 11.8 Å². The highest BCUT2D eigenvalue weighted by Gasteiger charge is 2.25. The summed E-state index contributed by atoms with van der Waals surface area (Å²) in [7, 11) is 0. The number of nitrogens with one attached hydrogen (secondary N) is 1. The second-order valence-electron chi connectivity index (χ2n) is 6.16. The zero-order valence-electron chi connectivity index (χ0n) is 13.0. The SMILES string of the molecule is CSC1CCCCC1NC(C)c1ccc2ccccc2c1. The van der Waals surface area contributed by atoms with Gasteiger partial charge in [0, 0.05) is 17.3 Å². The standard InChI is InChI=1S/C19H25NS/c1-14(20-18-9-5-6-10-19(18)21-2)16-12-11-15-7-3-4-8-17(15)13-16/h3-4,7-8,11-14,18-20H,5-6,9-10H2,1-2H3. The van der Waals surface area contributed by atoms with Crippen LogP contribution in [0.4, 0.5) is 0 Å². The molecule has 2 aromatic carbocycles. The van der Waals surface area contributed by atoms with E-state index in [1.165, 1.54) is 42.0 Å². The summed E-state index contributed by atoms with van der Waals surface area (Å²) in [5.41, 5.74) is 1.40. The van der Waals surface area contributed by atoms with Crippen LogP contribution in [0.3, 0.4) is 0 Å². The van der Waals surface area contributed by atoms with Crippen LogP contribution in [0.1, 0.15) is 44.2 Å². The van der Waals surface area contributed by atoms with E-state index in [0.717, 1.165) is 5.25 Å². The van der Waals surface area contributed by atoms with Gasteiger partial charge in [0.2, 0.25) is 0 Å². The Morgan fingerprint density at radius 2 is 1.81 bits per heavy atom. The van der Waals surface area contributed by atoms with E-state index in [1.54, 1.807) is 0 Å². The molecular weight excluding hydrogens is 274 g/mol. The zero-order valence-corrected chi connectivity index (χ0v) is 13.8. The van der Waals surface area contributed by atoms with Gasteiger partial charge in [-0.25, -0.2) is 0 Å². The summed E-state index contributed by atoms with van der Waals surface area (Å²) >= 11 is 2.03. The zero-order chi connectivity index (χ0) is 14.7. The Morgan fingerprint density at radius 3 is 2.62 bits per heavy atom. The molecule has 2 heteroatoms. The molecule has 2 aromatic rings. The fourth-order valence-electron chi connectivity index (χ4n) is 3.46. The first-order valence-corrected chi connectivity index (χ1v) is 9.34. The van der Waals surface area contributed by atoms with Gasteiger partial charge in [0.25, 0.3) is 0 Å². The Balaban J connectivity index is 1.75. The van der Waals surface area contributed by atoms with E-state index in [2.05, 4.69) is 61.0 Å². The molecule has 0 bridgehead atoms. The maximum atomic E-state index is 3.88. The van der Waals surface area contributed by atoms with E-state index in [4.69, 9.17) is 0 Å². The quantitative estimate of drug-likeness (QED) is 0.836. The van der Waals surface area contributed by atoms with Crippen LogP contribution in [-0.2, 0) is 0 Å². The average molecular weight is 299 g/mol. The molecule has 1 nitrogen and oxygen atoms in total. The van der Waals surface area contributed by atoms with Gasteiger partial charge in [0.05, 0.1) is 0 Å². The van der Waals surface area contributed by atoms with Gasteiger partial charge in [-0.2, -0.15) is 11.8 Å². The lowest BCUT2D eigenvalue weighted by molar-refractivity contribution is 0.356. The van der Waals surface area contributed by atoms with E-state index >= 15 is 0 Å². The molecule has 0 radical (unpaired) electrons. The van der Waals surface area contributed by atoms with Gasteiger partial charge in [0.15, 0.2) is 0 Å². The van der Waals surface area contributed by atoms with Crippen LogP contribution in [0.5, 0.6) is 0 Å². The van der Waals surface area contributed by atoms with Gasteiger partial charge in [-0.15, -0.1) is 0 Å². The van der Waals surface area contributed by atoms with Crippen LogP contribution in [0.2, 0.25) is 0 Å². The third kappa shape index (κ3) is 3.44. The normalized spacial score (nSPS) is 24.1. The summed E-state index contributed by atoms with van der Waals surface area (Å²) in [5.74, 6) is 0. The number of hydrogen-bond acceptors (Lipinski definition) is 2. The topological polar surface area (TPSA) is 12.0 Å². The monoisotopic (exact) mass is 299 g/mol. The summed E-state index contributed by atoms with van der Waals surface area (Å²) in [5, 5.41) is 7.33. The Hall–Kier alpha value is -0.990. The van der Waals surface area contributed by atoms with E-state index in [1.807, 2.05) is 11.8 Å². The molecule has 1 aliphatic rings. The molecule has 1 fully saturated rings. The van der Waals surface area contributed by atoms with Gasteiger partial charge in [-0.1, -0.05) is 49.2 Å². The van der Waals surface area contributed by atoms with Crippen LogP contribution in [0, 0.1) is 0 Å². The van der Waals surface area contributed by atoms with Crippen LogP contribution in [0.15, 0.2) is 42.5 Å². The van der Waals surface area contributed by atoms with Gasteiger partial charge in [0.1, 0.15) is 0 Å². The molecule has 1 saturated carbocycles. The van der Waals surface area contributed by atoms with E-state index < -0.39 is 0 Å². The van der Waals surface area contributed by atoms with Gasteiger partial charge in [-0.3, -0.25) is 0 Å². The predicted molar refractivity (Wildman–Crippen MR) is 95.1 cm³/mol. The largest absolute Gasteiger partial charge is 0.306 e. The minimum absolute atomic E-state index is 0.423. The van der Waals surface area contributed by atoms with Crippen molar-refractivity contribution in [3.05, 3.63) is 48.0 Å². The van der Waals surface area contributed by atoms with E-state index in [9.17, 15) is 0 Å². The number of benzene rings is 2. The lowest BCUT2D eigenvalue weighted by Gasteiger charge is -2.33. The highest BCUT2D eigenvalue weighted by Crippen LogP contribution is 2.29. The molecule has 0 aromatic heterocycles. The van der Waals surface area contributed by atoms with E-state index in [-0.39, 0.29) is 0 Å². The Bertz CT molecular complexity index is 595. The summed E-state index contributed by atoms with van der Waals surface area (Å²) in [4.78, 5) is 0. The maximum Gasteiger partial charge on any atom is 0.0295 e. The second kappa shape index (κ2) is 6.85. The van der Waals surface area contributed by atoms with Gasteiger partial charge >= 0.3 is 0 Å². The highest BCUT2D eigenvalue weighted by atomic mass is 32.2. The van der Waals surface area contributed by atoms with Crippen molar-refractivity contribution in [2.24, 2.45) is 0 Å². The molecule has 3 unspecified atom stereocenters. The van der Waals surface area contributed by atoms with Crippen molar-refractivity contribution >= 4 is 22.5 Å². The highest BCUT2D eigenvalue weighted by molar-refractivity contribution is 7.99. The molecule has 0 spiro atoms. The molecule has 21 heavy (non-hydrogen) atoms. The molecule has 1 aliphatic carbocycles. The Kier molecular flexibility index (Phi) is 4.87. The molecule has 0 aliphatic heterocycles. The van der Waals surface area contributed by atoms with Crippen molar-refractivity contribution in [2.75, 3.05) is 6.26 Å². The first-order chi connectivity index (χ1) is 10.3. The Labute approximate surface area is 132 Å². The van der Waals surface area contributed by atoms with Crippen molar-refractivity contribution in [1.82, 2.24) is 5.32 Å². The maximum absolute atomic E-state index is 3.88. The first-order valence-electron chi connectivity index (χ1n) is 8.05. The lowest BCUT2D eigenvalue weighted by atomic mass is 9.93. The molecule has 3 atom stereocenters. The summed E-state index contributed by atoms with van der Waals surface area (Å²) in [6, 6.07) is 16.6. The smallest absolute Gasteiger partial charge is 0.0295 e. The van der Waals surface area contributed by atoms with Crippen molar-refractivity contribution in [2.45, 2.75) is 49.9 Å². The molecule has 0 saturated heterocycles. The molecule has 0 amide bonds. The number of thioether (sulfide) groups is 1. The third-order valence-corrected chi connectivity index (χ3v) is 5.91. The van der Waals surface area contributed by atoms with Crippen molar-refractivity contribution < 1.29 is 0 Å². The van der Waals surface area contributed by atoms with Crippen molar-refractivity contribution in [3.63, 3.8) is 0 Å². The molecular formula is C19H25NS. The first kappa shape index (κ1) is 14.9. The Morgan fingerprint density at radius 1 is 1.05 bits per heavy atom. The fourth-order valence-corrected chi connectivity index (χ4v) is 4.41. The van der Waals surface area contributed by atoms with Crippen LogP contribution < -0.4 is 5.32 Å². The minimum atomic E-state index is 0.423. The van der Waals surface area contributed by atoms with E-state index in [0.29, 0.717) is 12.1 Å². The summed E-state index contributed by atoms with van der Waals surface area (Å²) in [6.07, 6.45) is 7.71. The number of rotatable bonds is 4. The molecule has 112 valence electrons. The molecule has 1 N–H and O–H groups in total. The summed E-state index contributed by atoms with van der Waals surface area (Å²) < 4.78 is 0. The second-order valence-corrected chi connectivity index (χ2v) is 7.24. The molecule has 0 heterocycles. The van der Waals surface area contributed by atoms with Gasteiger partial charge in [-0.05, 0) is 48.4 Å². The molecule has 3 rings (SSSR count). The number of hydrogen-bond donors (Lipinski definition) is 1.